The lowest BCUT2D eigenvalue weighted by atomic mass is 9.89. The molecule has 1 saturated heterocycles. The van der Waals surface area contributed by atoms with Crippen LogP contribution in [0.5, 0.6) is 5.75 Å². The Morgan fingerprint density at radius 2 is 1.38 bits per heavy atom. The molecule has 5 rings (SSSR count). The standard InChI is InChI=1S/C34H34FNO3/c1-22-5-12-26(13-6-22)32-33(27-14-7-23(2)8-15-27)39-31(20-28-16-9-24(3)19-30(28)35)34(37)36(32)21-25-10-17-29(38-4)18-11-25/h5-19,31-33H,20-21H2,1-4H3. The van der Waals surface area contributed by atoms with E-state index in [-0.39, 0.29) is 24.2 Å². The number of carbonyl (C=O) groups is 1. The zero-order valence-electron chi connectivity index (χ0n) is 22.9. The molecule has 1 amide bonds. The van der Waals surface area contributed by atoms with Crippen molar-refractivity contribution in [2.75, 3.05) is 7.11 Å². The fraction of sp³-hybridized carbons (Fsp3) is 0.265. The molecule has 4 aromatic carbocycles. The van der Waals surface area contributed by atoms with Crippen LogP contribution in [0.25, 0.3) is 0 Å². The van der Waals surface area contributed by atoms with Crippen molar-refractivity contribution in [2.24, 2.45) is 0 Å². The molecule has 0 saturated carbocycles. The molecule has 1 aliphatic heterocycles. The third-order valence-corrected chi connectivity index (χ3v) is 7.44. The Balaban J connectivity index is 1.59. The third kappa shape index (κ3) is 5.89. The fourth-order valence-corrected chi connectivity index (χ4v) is 5.19. The number of hydrogen-bond donors (Lipinski definition) is 0. The number of nitrogens with zero attached hydrogens (tertiary/aromatic N) is 1. The van der Waals surface area contributed by atoms with Crippen LogP contribution in [-0.4, -0.2) is 24.0 Å². The number of methoxy groups -OCH3 is 1. The van der Waals surface area contributed by atoms with Gasteiger partial charge in [0.25, 0.3) is 5.91 Å². The first-order valence-corrected chi connectivity index (χ1v) is 13.3. The molecule has 5 heteroatoms. The minimum atomic E-state index is -0.826. The van der Waals surface area contributed by atoms with Crippen LogP contribution in [0.15, 0.2) is 91.0 Å². The Morgan fingerprint density at radius 3 is 1.97 bits per heavy atom. The van der Waals surface area contributed by atoms with E-state index in [1.165, 1.54) is 6.07 Å². The molecule has 1 aliphatic rings. The second-order valence-corrected chi connectivity index (χ2v) is 10.4. The summed E-state index contributed by atoms with van der Waals surface area (Å²) in [4.78, 5) is 16.1. The molecule has 4 nitrogen and oxygen atoms in total. The van der Waals surface area contributed by atoms with Gasteiger partial charge in [-0.15, -0.1) is 0 Å². The molecule has 0 N–H and O–H groups in total. The van der Waals surface area contributed by atoms with Crippen molar-refractivity contribution in [3.63, 3.8) is 0 Å². The van der Waals surface area contributed by atoms with E-state index in [1.807, 2.05) is 56.0 Å². The summed E-state index contributed by atoms with van der Waals surface area (Å²) in [5.74, 6) is 0.285. The predicted molar refractivity (Wildman–Crippen MR) is 151 cm³/mol. The molecule has 4 aromatic rings. The Bertz CT molecular complexity index is 1430. The van der Waals surface area contributed by atoms with Gasteiger partial charge in [-0.2, -0.15) is 0 Å². The molecule has 3 unspecified atom stereocenters. The van der Waals surface area contributed by atoms with E-state index in [1.54, 1.807) is 13.2 Å². The smallest absolute Gasteiger partial charge is 0.253 e. The minimum absolute atomic E-state index is 0.153. The van der Waals surface area contributed by atoms with E-state index >= 15 is 0 Å². The monoisotopic (exact) mass is 523 g/mol. The summed E-state index contributed by atoms with van der Waals surface area (Å²) in [6.45, 7) is 6.34. The lowest BCUT2D eigenvalue weighted by Gasteiger charge is -2.45. The topological polar surface area (TPSA) is 38.8 Å². The van der Waals surface area contributed by atoms with Crippen molar-refractivity contribution in [3.05, 3.63) is 136 Å². The number of ether oxygens (including phenoxy) is 2. The highest BCUT2D eigenvalue weighted by Gasteiger charge is 2.44. The van der Waals surface area contributed by atoms with Gasteiger partial charge in [-0.3, -0.25) is 4.79 Å². The number of hydrogen-bond acceptors (Lipinski definition) is 3. The van der Waals surface area contributed by atoms with Crippen LogP contribution < -0.4 is 4.74 Å². The largest absolute Gasteiger partial charge is 0.497 e. The van der Waals surface area contributed by atoms with E-state index in [0.717, 1.165) is 39.1 Å². The van der Waals surface area contributed by atoms with Crippen molar-refractivity contribution in [2.45, 2.75) is 52.0 Å². The summed E-state index contributed by atoms with van der Waals surface area (Å²) < 4.78 is 26.9. The molecule has 0 aliphatic carbocycles. The lowest BCUT2D eigenvalue weighted by Crippen LogP contribution is -2.51. The first-order chi connectivity index (χ1) is 18.8. The van der Waals surface area contributed by atoms with Crippen LogP contribution in [0.1, 0.15) is 51.1 Å². The number of benzene rings is 4. The lowest BCUT2D eigenvalue weighted by molar-refractivity contribution is -0.175. The Kier molecular flexibility index (Phi) is 7.80. The maximum atomic E-state index is 14.9. The highest BCUT2D eigenvalue weighted by Crippen LogP contribution is 2.43. The van der Waals surface area contributed by atoms with Gasteiger partial charge >= 0.3 is 0 Å². The number of halogens is 1. The van der Waals surface area contributed by atoms with E-state index in [9.17, 15) is 9.18 Å². The Labute approximate surface area is 230 Å². The molecule has 39 heavy (non-hydrogen) atoms. The van der Waals surface area contributed by atoms with Crippen LogP contribution >= 0.6 is 0 Å². The van der Waals surface area contributed by atoms with Gasteiger partial charge in [0.05, 0.1) is 13.2 Å². The molecular formula is C34H34FNO3. The van der Waals surface area contributed by atoms with Gasteiger partial charge in [-0.1, -0.05) is 83.9 Å². The molecule has 1 fully saturated rings. The zero-order chi connectivity index (χ0) is 27.5. The minimum Gasteiger partial charge on any atom is -0.497 e. The summed E-state index contributed by atoms with van der Waals surface area (Å²) >= 11 is 0. The molecule has 0 radical (unpaired) electrons. The van der Waals surface area contributed by atoms with Gasteiger partial charge in [0.15, 0.2) is 0 Å². The van der Waals surface area contributed by atoms with E-state index in [4.69, 9.17) is 9.47 Å². The van der Waals surface area contributed by atoms with Crippen molar-refractivity contribution in [3.8, 4) is 5.75 Å². The molecule has 0 bridgehead atoms. The van der Waals surface area contributed by atoms with E-state index in [2.05, 4.69) is 48.5 Å². The van der Waals surface area contributed by atoms with Crippen LogP contribution in [0, 0.1) is 26.6 Å². The van der Waals surface area contributed by atoms with Crippen LogP contribution in [0.2, 0.25) is 0 Å². The zero-order valence-corrected chi connectivity index (χ0v) is 22.9. The average molecular weight is 524 g/mol. The van der Waals surface area contributed by atoms with Gasteiger partial charge in [0.2, 0.25) is 0 Å². The van der Waals surface area contributed by atoms with E-state index in [0.29, 0.717) is 12.1 Å². The van der Waals surface area contributed by atoms with Crippen molar-refractivity contribution >= 4 is 5.91 Å². The Morgan fingerprint density at radius 1 is 0.795 bits per heavy atom. The normalized spacial score (nSPS) is 19.3. The summed E-state index contributed by atoms with van der Waals surface area (Å²) in [7, 11) is 1.63. The number of morpholine rings is 1. The van der Waals surface area contributed by atoms with Crippen molar-refractivity contribution in [1.82, 2.24) is 4.90 Å². The van der Waals surface area contributed by atoms with Gasteiger partial charge in [-0.25, -0.2) is 4.39 Å². The molecule has 0 aromatic heterocycles. The van der Waals surface area contributed by atoms with Crippen molar-refractivity contribution in [1.29, 1.82) is 0 Å². The Hall–Kier alpha value is -3.96. The predicted octanol–water partition coefficient (Wildman–Crippen LogP) is 7.21. The maximum absolute atomic E-state index is 14.9. The van der Waals surface area contributed by atoms with Crippen LogP contribution in [0.3, 0.4) is 0 Å². The van der Waals surface area contributed by atoms with Gasteiger partial charge in [0.1, 0.15) is 23.8 Å². The molecule has 200 valence electrons. The first kappa shape index (κ1) is 26.6. The quantitative estimate of drug-likeness (QED) is 0.257. The summed E-state index contributed by atoms with van der Waals surface area (Å²) in [6, 6.07) is 29.0. The second kappa shape index (κ2) is 11.4. The fourth-order valence-electron chi connectivity index (χ4n) is 5.19. The SMILES string of the molecule is COc1ccc(CN2C(=O)C(Cc3ccc(C)cc3F)OC(c3ccc(C)cc3)C2c2ccc(C)cc2)cc1. The highest BCUT2D eigenvalue weighted by atomic mass is 19.1. The third-order valence-electron chi connectivity index (χ3n) is 7.44. The number of carbonyl (C=O) groups excluding carboxylic acids is 1. The summed E-state index contributed by atoms with van der Waals surface area (Å²) in [6.07, 6.45) is -1.09. The van der Waals surface area contributed by atoms with Gasteiger partial charge in [-0.05, 0) is 66.8 Å². The van der Waals surface area contributed by atoms with Gasteiger partial charge in [0, 0.05) is 13.0 Å². The molecule has 0 spiro atoms. The molecule has 3 atom stereocenters. The van der Waals surface area contributed by atoms with Crippen molar-refractivity contribution < 1.29 is 18.7 Å². The van der Waals surface area contributed by atoms with E-state index < -0.39 is 12.2 Å². The number of aryl methyl sites for hydroxylation is 3. The second-order valence-electron chi connectivity index (χ2n) is 10.4. The summed E-state index contributed by atoms with van der Waals surface area (Å²) in [5.41, 5.74) is 6.55. The first-order valence-electron chi connectivity index (χ1n) is 13.3. The van der Waals surface area contributed by atoms with Crippen LogP contribution in [0.4, 0.5) is 4.39 Å². The number of amides is 1. The van der Waals surface area contributed by atoms with Crippen LogP contribution in [-0.2, 0) is 22.5 Å². The highest BCUT2D eigenvalue weighted by molar-refractivity contribution is 5.83. The van der Waals surface area contributed by atoms with Gasteiger partial charge < -0.3 is 14.4 Å². The number of rotatable bonds is 7. The molecule has 1 heterocycles. The summed E-state index contributed by atoms with van der Waals surface area (Å²) in [5, 5.41) is 0. The molecular weight excluding hydrogens is 489 g/mol. The maximum Gasteiger partial charge on any atom is 0.253 e. The average Bonchev–Trinajstić information content (AvgIpc) is 2.93.